The molecule has 0 saturated carbocycles. The van der Waals surface area contributed by atoms with Crippen LogP contribution in [0.25, 0.3) is 6.08 Å². The van der Waals surface area contributed by atoms with Crippen molar-refractivity contribution >= 4 is 27.7 Å². The first-order valence-electron chi connectivity index (χ1n) is 6.44. The average molecular weight is 300 g/mol. The van der Waals surface area contributed by atoms with Gasteiger partial charge < -0.3 is 0 Å². The third-order valence-electron chi connectivity index (χ3n) is 3.37. The zero-order valence-electron chi connectivity index (χ0n) is 10.9. The van der Waals surface area contributed by atoms with Crippen LogP contribution in [0.4, 0.5) is 0 Å². The molecule has 1 heterocycles. The highest BCUT2D eigenvalue weighted by molar-refractivity contribution is 7.92. The fourth-order valence-electron chi connectivity index (χ4n) is 2.27. The number of benzene rings is 1. The van der Waals surface area contributed by atoms with Gasteiger partial charge in [-0.25, -0.2) is 8.42 Å². The van der Waals surface area contributed by atoms with Gasteiger partial charge in [0.05, 0.1) is 0 Å². The van der Waals surface area contributed by atoms with Crippen molar-refractivity contribution in [2.45, 2.75) is 32.2 Å². The van der Waals surface area contributed by atoms with E-state index in [1.807, 2.05) is 6.92 Å². The maximum absolute atomic E-state index is 12.2. The molecule has 0 aliphatic carbocycles. The fourth-order valence-corrected chi connectivity index (χ4v) is 3.87. The van der Waals surface area contributed by atoms with Crippen LogP contribution in [0.2, 0.25) is 5.02 Å². The molecule has 104 valence electrons. The zero-order valence-corrected chi connectivity index (χ0v) is 12.5. The average Bonchev–Trinajstić information content (AvgIpc) is 2.38. The quantitative estimate of drug-likeness (QED) is 0.856. The van der Waals surface area contributed by atoms with E-state index in [2.05, 4.69) is 0 Å². The summed E-state index contributed by atoms with van der Waals surface area (Å²) in [6.07, 6.45) is 4.60. The molecular weight excluding hydrogens is 282 g/mol. The topological polar surface area (TPSA) is 37.4 Å². The van der Waals surface area contributed by atoms with Crippen LogP contribution in [0.3, 0.4) is 0 Å². The third kappa shape index (κ3) is 3.81. The summed E-state index contributed by atoms with van der Waals surface area (Å²) >= 11 is 5.79. The maximum atomic E-state index is 12.2. The van der Waals surface area contributed by atoms with Crippen LogP contribution in [0.15, 0.2) is 29.7 Å². The Morgan fingerprint density at radius 2 is 1.95 bits per heavy atom. The predicted molar refractivity (Wildman–Crippen MR) is 79.4 cm³/mol. The lowest BCUT2D eigenvalue weighted by Crippen LogP contribution is -2.40. The molecule has 0 spiro atoms. The van der Waals surface area contributed by atoms with Crippen LogP contribution in [0.5, 0.6) is 0 Å². The highest BCUT2D eigenvalue weighted by atomic mass is 35.5. The minimum atomic E-state index is -3.32. The van der Waals surface area contributed by atoms with Gasteiger partial charge in [0.25, 0.3) is 0 Å². The molecule has 0 N–H and O–H groups in total. The lowest BCUT2D eigenvalue weighted by Gasteiger charge is -2.31. The largest absolute Gasteiger partial charge is 0.236 e. The monoisotopic (exact) mass is 299 g/mol. The van der Waals surface area contributed by atoms with Gasteiger partial charge in [-0.3, -0.25) is 0 Å². The van der Waals surface area contributed by atoms with E-state index in [9.17, 15) is 8.42 Å². The summed E-state index contributed by atoms with van der Waals surface area (Å²) in [6, 6.07) is 7.19. The molecule has 0 radical (unpaired) electrons. The van der Waals surface area contributed by atoms with E-state index in [1.165, 1.54) is 5.41 Å². The van der Waals surface area contributed by atoms with Crippen LogP contribution < -0.4 is 0 Å². The standard InChI is InChI=1S/C14H18ClNO2S/c1-12-4-2-3-10-16(12)19(17,18)11-9-13-5-7-14(15)8-6-13/h5-9,11-12H,2-4,10H2,1H3. The molecule has 1 saturated heterocycles. The predicted octanol–water partition coefficient (Wildman–Crippen LogP) is 3.51. The summed E-state index contributed by atoms with van der Waals surface area (Å²) in [5.74, 6) is 0. The summed E-state index contributed by atoms with van der Waals surface area (Å²) < 4.78 is 26.1. The number of halogens is 1. The molecule has 0 aromatic heterocycles. The Labute approximate surface area is 119 Å². The van der Waals surface area contributed by atoms with Crippen LogP contribution in [-0.4, -0.2) is 25.3 Å². The van der Waals surface area contributed by atoms with Crippen molar-refractivity contribution in [3.63, 3.8) is 0 Å². The Morgan fingerprint density at radius 3 is 2.58 bits per heavy atom. The van der Waals surface area contributed by atoms with E-state index in [1.54, 1.807) is 34.6 Å². The second kappa shape index (κ2) is 6.07. The van der Waals surface area contributed by atoms with Gasteiger partial charge >= 0.3 is 0 Å². The SMILES string of the molecule is CC1CCCCN1S(=O)(=O)C=Cc1ccc(Cl)cc1. The van der Waals surface area contributed by atoms with Gasteiger partial charge in [0.15, 0.2) is 0 Å². The van der Waals surface area contributed by atoms with E-state index < -0.39 is 10.0 Å². The highest BCUT2D eigenvalue weighted by Gasteiger charge is 2.27. The molecule has 19 heavy (non-hydrogen) atoms. The van der Waals surface area contributed by atoms with Crippen LogP contribution in [0, 0.1) is 0 Å². The molecule has 3 nitrogen and oxygen atoms in total. The van der Waals surface area contributed by atoms with Crippen LogP contribution in [-0.2, 0) is 10.0 Å². The van der Waals surface area contributed by atoms with Crippen molar-refractivity contribution in [3.05, 3.63) is 40.3 Å². The fraction of sp³-hybridized carbons (Fsp3) is 0.429. The normalized spacial score (nSPS) is 21.9. The number of hydrogen-bond donors (Lipinski definition) is 0. The van der Waals surface area contributed by atoms with Gasteiger partial charge in [0.1, 0.15) is 0 Å². The number of sulfonamides is 1. The van der Waals surface area contributed by atoms with E-state index in [-0.39, 0.29) is 6.04 Å². The number of hydrogen-bond acceptors (Lipinski definition) is 2. The number of nitrogens with zero attached hydrogens (tertiary/aromatic N) is 1. The Hall–Kier alpha value is -0.840. The van der Waals surface area contributed by atoms with Crippen molar-refractivity contribution in [2.75, 3.05) is 6.54 Å². The second-order valence-corrected chi connectivity index (χ2v) is 7.06. The number of rotatable bonds is 3. The molecule has 1 fully saturated rings. The minimum Gasteiger partial charge on any atom is -0.207 e. The second-order valence-electron chi connectivity index (χ2n) is 4.85. The smallest absolute Gasteiger partial charge is 0.207 e. The first-order valence-corrected chi connectivity index (χ1v) is 8.33. The van der Waals surface area contributed by atoms with Crippen LogP contribution >= 0.6 is 11.6 Å². The molecule has 0 amide bonds. The minimum absolute atomic E-state index is 0.0913. The molecule has 1 atom stereocenters. The highest BCUT2D eigenvalue weighted by Crippen LogP contribution is 2.21. The van der Waals surface area contributed by atoms with E-state index in [4.69, 9.17) is 11.6 Å². The molecular formula is C14H18ClNO2S. The maximum Gasteiger partial charge on any atom is 0.236 e. The van der Waals surface area contributed by atoms with Gasteiger partial charge in [-0.2, -0.15) is 4.31 Å². The van der Waals surface area contributed by atoms with Crippen molar-refractivity contribution in [3.8, 4) is 0 Å². The first-order chi connectivity index (χ1) is 8.99. The van der Waals surface area contributed by atoms with Gasteiger partial charge in [0.2, 0.25) is 10.0 Å². The molecule has 1 aromatic carbocycles. The van der Waals surface area contributed by atoms with Gasteiger partial charge in [-0.05, 0) is 43.5 Å². The van der Waals surface area contributed by atoms with E-state index in [0.717, 1.165) is 24.8 Å². The summed E-state index contributed by atoms with van der Waals surface area (Å²) in [7, 11) is -3.32. The summed E-state index contributed by atoms with van der Waals surface area (Å²) in [5.41, 5.74) is 0.831. The lowest BCUT2D eigenvalue weighted by molar-refractivity contribution is 0.271. The molecule has 1 aliphatic rings. The summed E-state index contributed by atoms with van der Waals surface area (Å²) in [6.45, 7) is 2.58. The van der Waals surface area contributed by atoms with E-state index in [0.29, 0.717) is 11.6 Å². The van der Waals surface area contributed by atoms with Crippen molar-refractivity contribution in [2.24, 2.45) is 0 Å². The van der Waals surface area contributed by atoms with Crippen LogP contribution in [0.1, 0.15) is 31.7 Å². The third-order valence-corrected chi connectivity index (χ3v) is 5.30. The summed E-state index contributed by atoms with van der Waals surface area (Å²) in [4.78, 5) is 0. The van der Waals surface area contributed by atoms with Crippen molar-refractivity contribution in [1.29, 1.82) is 0 Å². The Kier molecular flexibility index (Phi) is 4.66. The first kappa shape index (κ1) is 14.6. The van der Waals surface area contributed by atoms with Gasteiger partial charge in [-0.15, -0.1) is 0 Å². The Bertz CT molecular complexity index is 551. The summed E-state index contributed by atoms with van der Waals surface area (Å²) in [5, 5.41) is 1.93. The van der Waals surface area contributed by atoms with Crippen molar-refractivity contribution < 1.29 is 8.42 Å². The molecule has 1 aromatic rings. The Balaban J connectivity index is 2.14. The lowest BCUT2D eigenvalue weighted by atomic mass is 10.1. The molecule has 1 aliphatic heterocycles. The molecule has 0 bridgehead atoms. The van der Waals surface area contributed by atoms with Gasteiger partial charge in [0, 0.05) is 23.0 Å². The molecule has 1 unspecified atom stereocenters. The molecule has 5 heteroatoms. The van der Waals surface area contributed by atoms with Crippen molar-refractivity contribution in [1.82, 2.24) is 4.31 Å². The number of piperidine rings is 1. The molecule has 2 rings (SSSR count). The zero-order chi connectivity index (χ0) is 13.9. The van der Waals surface area contributed by atoms with Gasteiger partial charge in [-0.1, -0.05) is 30.2 Å². The van der Waals surface area contributed by atoms with E-state index >= 15 is 0 Å². The Morgan fingerprint density at radius 1 is 1.26 bits per heavy atom.